The van der Waals surface area contributed by atoms with E-state index >= 15 is 0 Å². The lowest BCUT2D eigenvalue weighted by atomic mass is 9.98. The van der Waals surface area contributed by atoms with Crippen LogP contribution >= 0.6 is 24.0 Å². The lowest BCUT2D eigenvalue weighted by Gasteiger charge is -2.31. The molecule has 6 nitrogen and oxygen atoms in total. The number of hydrogen-bond acceptors (Lipinski definition) is 3. The van der Waals surface area contributed by atoms with Crippen LogP contribution in [0.15, 0.2) is 4.99 Å². The van der Waals surface area contributed by atoms with Crippen molar-refractivity contribution in [2.24, 2.45) is 10.9 Å². The van der Waals surface area contributed by atoms with Crippen molar-refractivity contribution in [2.75, 3.05) is 33.2 Å². The van der Waals surface area contributed by atoms with E-state index in [2.05, 4.69) is 22.5 Å². The molecule has 0 aromatic carbocycles. The zero-order valence-electron chi connectivity index (χ0n) is 15.3. The highest BCUT2D eigenvalue weighted by atomic mass is 127. The molecule has 2 N–H and O–H groups in total. The normalized spacial score (nSPS) is 17.7. The Labute approximate surface area is 171 Å². The van der Waals surface area contributed by atoms with E-state index in [1.165, 1.54) is 12.8 Å². The fraction of sp³-hybridized carbons (Fsp3) is 0.933. The molecule has 0 atom stereocenters. The summed E-state index contributed by atoms with van der Waals surface area (Å²) in [5.74, 6) is 0.792. The smallest absolute Gasteiger partial charge is 0.356 e. The van der Waals surface area contributed by atoms with E-state index < -0.39 is 15.5 Å². The molecule has 1 heterocycles. The molecule has 26 heavy (non-hydrogen) atoms. The van der Waals surface area contributed by atoms with Gasteiger partial charge in [-0.2, -0.15) is 17.5 Å². The van der Waals surface area contributed by atoms with Crippen molar-refractivity contribution in [3.8, 4) is 0 Å². The highest BCUT2D eigenvalue weighted by molar-refractivity contribution is 14.0. The second-order valence-corrected chi connectivity index (χ2v) is 8.16. The van der Waals surface area contributed by atoms with Gasteiger partial charge >= 0.3 is 15.5 Å². The van der Waals surface area contributed by atoms with Gasteiger partial charge in [0, 0.05) is 33.2 Å². The van der Waals surface area contributed by atoms with Gasteiger partial charge in [-0.1, -0.05) is 26.2 Å². The maximum atomic E-state index is 12.5. The topological polar surface area (TPSA) is 73.8 Å². The molecular weight excluding hydrogens is 484 g/mol. The summed E-state index contributed by atoms with van der Waals surface area (Å²) in [7, 11) is -3.54. The second-order valence-electron chi connectivity index (χ2n) is 6.23. The minimum Gasteiger partial charge on any atom is -0.356 e. The molecule has 1 rings (SSSR count). The lowest BCUT2D eigenvalue weighted by molar-refractivity contribution is -0.0496. The Morgan fingerprint density at radius 3 is 2.27 bits per heavy atom. The van der Waals surface area contributed by atoms with Crippen LogP contribution in [0.3, 0.4) is 0 Å². The van der Waals surface area contributed by atoms with Crippen LogP contribution in [0.25, 0.3) is 0 Å². The van der Waals surface area contributed by atoms with Crippen molar-refractivity contribution in [2.45, 2.75) is 51.0 Å². The van der Waals surface area contributed by atoms with Gasteiger partial charge in [-0.3, -0.25) is 4.99 Å². The standard InChI is InChI=1S/C15H29F3N4O2S.HI/c1-3-4-5-6-9-20-14(19-2)21-12-13-7-10-22(11-8-13)25(23,24)15(16,17)18;/h13H,3-12H2,1-2H3,(H2,19,20,21);1H. The predicted octanol–water partition coefficient (Wildman–Crippen LogP) is 2.91. The van der Waals surface area contributed by atoms with Gasteiger partial charge in [-0.25, -0.2) is 8.42 Å². The third-order valence-electron chi connectivity index (χ3n) is 4.31. The number of unbranched alkanes of at least 4 members (excludes halogenated alkanes) is 3. The van der Waals surface area contributed by atoms with Crippen molar-refractivity contribution < 1.29 is 21.6 Å². The second kappa shape index (κ2) is 12.2. The molecule has 0 aromatic rings. The molecule has 11 heteroatoms. The fourth-order valence-corrected chi connectivity index (χ4v) is 3.70. The molecule has 0 unspecified atom stereocenters. The first-order valence-electron chi connectivity index (χ1n) is 8.73. The highest BCUT2D eigenvalue weighted by Crippen LogP contribution is 2.30. The van der Waals surface area contributed by atoms with Crippen LogP contribution in [0.4, 0.5) is 13.2 Å². The average Bonchev–Trinajstić information content (AvgIpc) is 2.56. The summed E-state index contributed by atoms with van der Waals surface area (Å²) in [6, 6.07) is 0. The summed E-state index contributed by atoms with van der Waals surface area (Å²) >= 11 is 0. The predicted molar refractivity (Wildman–Crippen MR) is 108 cm³/mol. The number of alkyl halides is 3. The molecule has 0 aromatic heterocycles. The number of piperidine rings is 1. The summed E-state index contributed by atoms with van der Waals surface area (Å²) in [6.45, 7) is 3.34. The summed E-state index contributed by atoms with van der Waals surface area (Å²) in [4.78, 5) is 4.12. The SMILES string of the molecule is CCCCCCNC(=NC)NCC1CCN(S(=O)(=O)C(F)(F)F)CC1.I. The number of sulfonamides is 1. The van der Waals surface area contributed by atoms with Crippen LogP contribution in [0.2, 0.25) is 0 Å². The Morgan fingerprint density at radius 1 is 1.15 bits per heavy atom. The molecule has 1 aliphatic rings. The van der Waals surface area contributed by atoms with Crippen molar-refractivity contribution in [1.29, 1.82) is 0 Å². The van der Waals surface area contributed by atoms with Gasteiger partial charge in [-0.15, -0.1) is 24.0 Å². The van der Waals surface area contributed by atoms with E-state index in [-0.39, 0.29) is 43.0 Å². The number of rotatable bonds is 8. The largest absolute Gasteiger partial charge is 0.511 e. The lowest BCUT2D eigenvalue weighted by Crippen LogP contribution is -2.47. The number of nitrogens with zero attached hydrogens (tertiary/aromatic N) is 2. The van der Waals surface area contributed by atoms with Gasteiger partial charge < -0.3 is 10.6 Å². The van der Waals surface area contributed by atoms with Gasteiger partial charge in [-0.05, 0) is 25.2 Å². The third-order valence-corrected chi connectivity index (χ3v) is 5.94. The molecule has 1 fully saturated rings. The number of halogens is 4. The molecule has 1 saturated heterocycles. The highest BCUT2D eigenvalue weighted by Gasteiger charge is 2.50. The van der Waals surface area contributed by atoms with E-state index in [0.717, 1.165) is 19.4 Å². The maximum Gasteiger partial charge on any atom is 0.511 e. The zero-order valence-corrected chi connectivity index (χ0v) is 18.5. The van der Waals surface area contributed by atoms with Gasteiger partial charge in [0.1, 0.15) is 0 Å². The van der Waals surface area contributed by atoms with Crippen LogP contribution in [0, 0.1) is 5.92 Å². The first-order valence-corrected chi connectivity index (χ1v) is 10.2. The number of guanidine groups is 1. The van der Waals surface area contributed by atoms with E-state index in [1.54, 1.807) is 7.05 Å². The van der Waals surface area contributed by atoms with Gasteiger partial charge in [0.2, 0.25) is 0 Å². The molecule has 0 saturated carbocycles. The monoisotopic (exact) mass is 514 g/mol. The Kier molecular flexibility index (Phi) is 12.1. The van der Waals surface area contributed by atoms with Crippen molar-refractivity contribution >= 4 is 40.0 Å². The first-order chi connectivity index (χ1) is 11.7. The first kappa shape index (κ1) is 25.7. The molecule has 0 spiro atoms. The summed E-state index contributed by atoms with van der Waals surface area (Å²) in [5.41, 5.74) is -5.22. The molecule has 0 amide bonds. The van der Waals surface area contributed by atoms with Gasteiger partial charge in [0.25, 0.3) is 0 Å². The zero-order chi connectivity index (χ0) is 18.9. The van der Waals surface area contributed by atoms with Crippen molar-refractivity contribution in [1.82, 2.24) is 14.9 Å². The molecule has 0 bridgehead atoms. The van der Waals surface area contributed by atoms with Crippen molar-refractivity contribution in [3.05, 3.63) is 0 Å². The van der Waals surface area contributed by atoms with Crippen LogP contribution in [0.1, 0.15) is 45.4 Å². The number of hydrogen-bond donors (Lipinski definition) is 2. The van der Waals surface area contributed by atoms with E-state index in [9.17, 15) is 21.6 Å². The summed E-state index contributed by atoms with van der Waals surface area (Å²) in [6.07, 6.45) is 5.39. The molecule has 0 aliphatic carbocycles. The minimum absolute atomic E-state index is 0. The van der Waals surface area contributed by atoms with E-state index in [4.69, 9.17) is 0 Å². The Hall–Kier alpha value is -0.300. The minimum atomic E-state index is -5.22. The number of aliphatic imine (C=N–C) groups is 1. The number of nitrogens with one attached hydrogen (secondary N) is 2. The van der Waals surface area contributed by atoms with Crippen LogP contribution in [0.5, 0.6) is 0 Å². The Morgan fingerprint density at radius 2 is 1.77 bits per heavy atom. The van der Waals surface area contributed by atoms with Crippen LogP contribution < -0.4 is 10.6 Å². The average molecular weight is 514 g/mol. The molecule has 0 radical (unpaired) electrons. The fourth-order valence-electron chi connectivity index (χ4n) is 2.72. The molecular formula is C15H30F3IN4O2S. The van der Waals surface area contributed by atoms with E-state index in [0.29, 0.717) is 29.7 Å². The quantitative estimate of drug-likeness (QED) is 0.226. The van der Waals surface area contributed by atoms with Gasteiger partial charge in [0.15, 0.2) is 5.96 Å². The maximum absolute atomic E-state index is 12.5. The Balaban J connectivity index is 0.00000625. The Bertz CT molecular complexity index is 521. The molecule has 156 valence electrons. The third kappa shape index (κ3) is 8.15. The molecule has 1 aliphatic heterocycles. The van der Waals surface area contributed by atoms with Crippen LogP contribution in [-0.2, 0) is 10.0 Å². The van der Waals surface area contributed by atoms with Crippen molar-refractivity contribution in [3.63, 3.8) is 0 Å². The van der Waals surface area contributed by atoms with Gasteiger partial charge in [0.05, 0.1) is 0 Å². The van der Waals surface area contributed by atoms with Crippen LogP contribution in [-0.4, -0.2) is 57.4 Å². The summed E-state index contributed by atoms with van der Waals surface area (Å²) in [5, 5.41) is 6.37. The van der Waals surface area contributed by atoms with E-state index in [1.807, 2.05) is 0 Å². The summed E-state index contributed by atoms with van der Waals surface area (Å²) < 4.78 is 60.9.